The molecule has 0 aliphatic carbocycles. The maximum Gasteiger partial charge on any atom is 0.137 e. The highest BCUT2D eigenvalue weighted by atomic mass is 16.5. The molecule has 0 saturated carbocycles. The van der Waals surface area contributed by atoms with Crippen LogP contribution in [-0.4, -0.2) is 28.8 Å². The standard InChI is InChI=1S/C16H28N2O2/c1-5-16(19,6-2)12-20-15-8-7-14(18-11-15)10-17-9-13(3)4/h7-8,11,13,17,19H,5-6,9-10,12H2,1-4H3. The van der Waals surface area contributed by atoms with E-state index in [0.717, 1.165) is 18.8 Å². The molecule has 0 aliphatic rings. The molecule has 1 aromatic heterocycles. The van der Waals surface area contributed by atoms with Gasteiger partial charge in [0.2, 0.25) is 0 Å². The molecular weight excluding hydrogens is 252 g/mol. The van der Waals surface area contributed by atoms with E-state index < -0.39 is 5.60 Å². The van der Waals surface area contributed by atoms with Crippen LogP contribution in [0.15, 0.2) is 18.3 Å². The maximum absolute atomic E-state index is 10.2. The van der Waals surface area contributed by atoms with E-state index >= 15 is 0 Å². The van der Waals surface area contributed by atoms with Crippen molar-refractivity contribution in [3.05, 3.63) is 24.0 Å². The minimum Gasteiger partial charge on any atom is -0.489 e. The van der Waals surface area contributed by atoms with Crippen LogP contribution in [0.3, 0.4) is 0 Å². The fourth-order valence-corrected chi connectivity index (χ4v) is 1.76. The Morgan fingerprint density at radius 2 is 2.00 bits per heavy atom. The van der Waals surface area contributed by atoms with Gasteiger partial charge in [-0.25, -0.2) is 0 Å². The number of aliphatic hydroxyl groups is 1. The Balaban J connectivity index is 2.42. The average molecular weight is 280 g/mol. The lowest BCUT2D eigenvalue weighted by Crippen LogP contribution is -2.34. The first-order valence-corrected chi connectivity index (χ1v) is 7.50. The molecule has 4 nitrogen and oxygen atoms in total. The summed E-state index contributed by atoms with van der Waals surface area (Å²) in [5, 5.41) is 13.5. The largest absolute Gasteiger partial charge is 0.489 e. The van der Waals surface area contributed by atoms with Crippen LogP contribution in [0.5, 0.6) is 5.75 Å². The normalized spacial score (nSPS) is 11.9. The van der Waals surface area contributed by atoms with E-state index in [4.69, 9.17) is 4.74 Å². The second-order valence-electron chi connectivity index (χ2n) is 5.73. The molecule has 0 saturated heterocycles. The molecule has 0 radical (unpaired) electrons. The smallest absolute Gasteiger partial charge is 0.137 e. The molecule has 1 aromatic rings. The summed E-state index contributed by atoms with van der Waals surface area (Å²) in [5.74, 6) is 1.34. The van der Waals surface area contributed by atoms with Crippen LogP contribution >= 0.6 is 0 Å². The van der Waals surface area contributed by atoms with Crippen LogP contribution in [0.1, 0.15) is 46.2 Å². The molecule has 20 heavy (non-hydrogen) atoms. The number of hydrogen-bond acceptors (Lipinski definition) is 4. The molecule has 114 valence electrons. The summed E-state index contributed by atoms with van der Waals surface area (Å²) < 4.78 is 5.62. The molecule has 0 aliphatic heterocycles. The van der Waals surface area contributed by atoms with Gasteiger partial charge in [-0.3, -0.25) is 4.98 Å². The molecular formula is C16H28N2O2. The minimum absolute atomic E-state index is 0.312. The van der Waals surface area contributed by atoms with Crippen molar-refractivity contribution in [3.8, 4) is 5.75 Å². The highest BCUT2D eigenvalue weighted by molar-refractivity contribution is 5.20. The predicted molar refractivity (Wildman–Crippen MR) is 81.8 cm³/mol. The molecule has 1 rings (SSSR count). The molecule has 0 spiro atoms. The van der Waals surface area contributed by atoms with Crippen molar-refractivity contribution in [2.75, 3.05) is 13.2 Å². The second kappa shape index (κ2) is 8.22. The Hall–Kier alpha value is -1.13. The Bertz CT molecular complexity index is 373. The third-order valence-corrected chi connectivity index (χ3v) is 3.48. The first kappa shape index (κ1) is 16.9. The van der Waals surface area contributed by atoms with Crippen LogP contribution in [0.4, 0.5) is 0 Å². The van der Waals surface area contributed by atoms with E-state index in [1.54, 1.807) is 6.20 Å². The second-order valence-corrected chi connectivity index (χ2v) is 5.73. The maximum atomic E-state index is 10.2. The fourth-order valence-electron chi connectivity index (χ4n) is 1.76. The van der Waals surface area contributed by atoms with Gasteiger partial charge in [0.05, 0.1) is 17.5 Å². The van der Waals surface area contributed by atoms with E-state index in [2.05, 4.69) is 24.1 Å². The van der Waals surface area contributed by atoms with E-state index in [-0.39, 0.29) is 0 Å². The van der Waals surface area contributed by atoms with Gasteiger partial charge in [-0.15, -0.1) is 0 Å². The number of nitrogens with one attached hydrogen (secondary N) is 1. The minimum atomic E-state index is -0.739. The third kappa shape index (κ3) is 5.88. The highest BCUT2D eigenvalue weighted by Crippen LogP contribution is 2.17. The Kier molecular flexibility index (Phi) is 6.96. The van der Waals surface area contributed by atoms with Gasteiger partial charge in [-0.2, -0.15) is 0 Å². The summed E-state index contributed by atoms with van der Waals surface area (Å²) in [5.41, 5.74) is 0.261. The summed E-state index contributed by atoms with van der Waals surface area (Å²) in [6, 6.07) is 3.87. The van der Waals surface area contributed by atoms with E-state index in [0.29, 0.717) is 31.1 Å². The SMILES string of the molecule is CCC(O)(CC)COc1ccc(CNCC(C)C)nc1. The zero-order chi connectivity index (χ0) is 15.0. The lowest BCUT2D eigenvalue weighted by molar-refractivity contribution is -0.0114. The molecule has 0 bridgehead atoms. The fraction of sp³-hybridized carbons (Fsp3) is 0.688. The highest BCUT2D eigenvalue weighted by Gasteiger charge is 2.23. The number of aromatic nitrogens is 1. The predicted octanol–water partition coefficient (Wildman–Crippen LogP) is 2.76. The van der Waals surface area contributed by atoms with E-state index in [1.165, 1.54) is 0 Å². The van der Waals surface area contributed by atoms with E-state index in [1.807, 2.05) is 26.0 Å². The van der Waals surface area contributed by atoms with Crippen molar-refractivity contribution in [2.24, 2.45) is 5.92 Å². The van der Waals surface area contributed by atoms with Crippen molar-refractivity contribution in [1.29, 1.82) is 0 Å². The quantitative estimate of drug-likeness (QED) is 0.730. The lowest BCUT2D eigenvalue weighted by atomic mass is 9.99. The van der Waals surface area contributed by atoms with Gasteiger partial charge in [-0.05, 0) is 37.4 Å². The van der Waals surface area contributed by atoms with Gasteiger partial charge in [0.15, 0.2) is 0 Å². The Morgan fingerprint density at radius 3 is 2.50 bits per heavy atom. The van der Waals surface area contributed by atoms with Crippen molar-refractivity contribution >= 4 is 0 Å². The van der Waals surface area contributed by atoms with Gasteiger partial charge in [-0.1, -0.05) is 27.7 Å². The molecule has 0 unspecified atom stereocenters. The monoisotopic (exact) mass is 280 g/mol. The van der Waals surface area contributed by atoms with Gasteiger partial charge in [0.1, 0.15) is 12.4 Å². The summed E-state index contributed by atoms with van der Waals surface area (Å²) in [6.45, 7) is 10.4. The number of hydrogen-bond donors (Lipinski definition) is 2. The third-order valence-electron chi connectivity index (χ3n) is 3.48. The van der Waals surface area contributed by atoms with Crippen LogP contribution in [-0.2, 0) is 6.54 Å². The van der Waals surface area contributed by atoms with E-state index in [9.17, 15) is 5.11 Å². The zero-order valence-corrected chi connectivity index (χ0v) is 13.1. The first-order valence-electron chi connectivity index (χ1n) is 7.50. The van der Waals surface area contributed by atoms with Gasteiger partial charge in [0, 0.05) is 6.54 Å². The van der Waals surface area contributed by atoms with Crippen LogP contribution in [0, 0.1) is 5.92 Å². The number of rotatable bonds is 9. The first-order chi connectivity index (χ1) is 9.49. The molecule has 2 N–H and O–H groups in total. The molecule has 0 atom stereocenters. The molecule has 1 heterocycles. The van der Waals surface area contributed by atoms with Crippen molar-refractivity contribution in [2.45, 2.75) is 52.7 Å². The Morgan fingerprint density at radius 1 is 1.30 bits per heavy atom. The average Bonchev–Trinajstić information content (AvgIpc) is 2.46. The topological polar surface area (TPSA) is 54.4 Å². The number of ether oxygens (including phenoxy) is 1. The van der Waals surface area contributed by atoms with Crippen LogP contribution < -0.4 is 10.1 Å². The summed E-state index contributed by atoms with van der Waals surface area (Å²) in [7, 11) is 0. The van der Waals surface area contributed by atoms with Gasteiger partial charge >= 0.3 is 0 Å². The van der Waals surface area contributed by atoms with Crippen molar-refractivity contribution in [3.63, 3.8) is 0 Å². The van der Waals surface area contributed by atoms with Crippen LogP contribution in [0.2, 0.25) is 0 Å². The summed E-state index contributed by atoms with van der Waals surface area (Å²) in [4.78, 5) is 4.36. The van der Waals surface area contributed by atoms with Crippen molar-refractivity contribution < 1.29 is 9.84 Å². The number of nitrogens with zero attached hydrogens (tertiary/aromatic N) is 1. The molecule has 0 amide bonds. The Labute approximate surface area is 122 Å². The lowest BCUT2D eigenvalue weighted by Gasteiger charge is -2.24. The molecule has 4 heteroatoms. The van der Waals surface area contributed by atoms with Crippen molar-refractivity contribution in [1.82, 2.24) is 10.3 Å². The van der Waals surface area contributed by atoms with Gasteiger partial charge < -0.3 is 15.2 Å². The zero-order valence-electron chi connectivity index (χ0n) is 13.1. The van der Waals surface area contributed by atoms with Crippen LogP contribution in [0.25, 0.3) is 0 Å². The summed E-state index contributed by atoms with van der Waals surface area (Å²) >= 11 is 0. The molecule has 0 fully saturated rings. The van der Waals surface area contributed by atoms with Gasteiger partial charge in [0.25, 0.3) is 0 Å². The number of pyridine rings is 1. The molecule has 0 aromatic carbocycles. The summed E-state index contributed by atoms with van der Waals surface area (Å²) in [6.07, 6.45) is 3.10.